The lowest BCUT2D eigenvalue weighted by atomic mass is 9.75. The van der Waals surface area contributed by atoms with E-state index in [9.17, 15) is 14.9 Å². The maximum Gasteiger partial charge on any atom is 0.339 e. The number of esters is 2. The van der Waals surface area contributed by atoms with Crippen molar-refractivity contribution < 1.29 is 19.1 Å². The van der Waals surface area contributed by atoms with Gasteiger partial charge in [0.2, 0.25) is 0 Å². The van der Waals surface area contributed by atoms with Gasteiger partial charge in [-0.25, -0.2) is 9.59 Å². The third-order valence-corrected chi connectivity index (χ3v) is 3.44. The molecular weight excluding hydrogens is 308 g/mol. The summed E-state index contributed by atoms with van der Waals surface area (Å²) in [7, 11) is 0. The molecule has 1 atom stereocenters. The quantitative estimate of drug-likeness (QED) is 0.770. The Morgan fingerprint density at radius 3 is 2.29 bits per heavy atom. The number of carbonyl (C=O) groups excluding carboxylic acids is 2. The molecule has 24 heavy (non-hydrogen) atoms. The maximum atomic E-state index is 12.7. The number of hydrogen-bond donors (Lipinski definition) is 0. The van der Waals surface area contributed by atoms with Crippen LogP contribution < -0.4 is 0 Å². The molecule has 0 N–H and O–H groups in total. The summed E-state index contributed by atoms with van der Waals surface area (Å²) < 4.78 is 10.3. The van der Waals surface area contributed by atoms with Crippen molar-refractivity contribution in [1.82, 2.24) is 4.98 Å². The molecule has 0 spiro atoms. The minimum atomic E-state index is -1.54. The molecule has 0 aliphatic heterocycles. The van der Waals surface area contributed by atoms with Gasteiger partial charge in [0.15, 0.2) is 5.41 Å². The van der Waals surface area contributed by atoms with Crippen molar-refractivity contribution in [2.75, 3.05) is 6.61 Å². The fourth-order valence-corrected chi connectivity index (χ4v) is 2.19. The monoisotopic (exact) mass is 332 g/mol. The van der Waals surface area contributed by atoms with Crippen LogP contribution in [0.4, 0.5) is 0 Å². The second-order valence-corrected chi connectivity index (χ2v) is 6.73. The van der Waals surface area contributed by atoms with Crippen LogP contribution in [0.25, 0.3) is 0 Å². The van der Waals surface area contributed by atoms with Gasteiger partial charge in [0.25, 0.3) is 0 Å². The number of carbonyl (C=O) groups is 2. The van der Waals surface area contributed by atoms with Crippen molar-refractivity contribution in [3.8, 4) is 6.07 Å². The fourth-order valence-electron chi connectivity index (χ4n) is 2.19. The van der Waals surface area contributed by atoms with E-state index in [1.54, 1.807) is 41.5 Å². The zero-order valence-electron chi connectivity index (χ0n) is 15.0. The Kier molecular flexibility index (Phi) is 6.08. The van der Waals surface area contributed by atoms with Crippen molar-refractivity contribution in [2.45, 2.75) is 52.6 Å². The van der Waals surface area contributed by atoms with Crippen LogP contribution in [0.3, 0.4) is 0 Å². The van der Waals surface area contributed by atoms with E-state index in [4.69, 9.17) is 9.47 Å². The average Bonchev–Trinajstić information content (AvgIpc) is 2.47. The van der Waals surface area contributed by atoms with Gasteiger partial charge < -0.3 is 9.47 Å². The lowest BCUT2D eigenvalue weighted by Gasteiger charge is -2.31. The summed E-state index contributed by atoms with van der Waals surface area (Å²) in [5.74, 6) is -1.51. The van der Waals surface area contributed by atoms with E-state index in [0.29, 0.717) is 0 Å². The molecule has 0 radical (unpaired) electrons. The third kappa shape index (κ3) is 4.10. The smallest absolute Gasteiger partial charge is 0.339 e. The van der Waals surface area contributed by atoms with Crippen molar-refractivity contribution in [2.24, 2.45) is 5.92 Å². The molecule has 6 nitrogen and oxygen atoms in total. The largest absolute Gasteiger partial charge is 0.462 e. The molecular formula is C18H24N2O4. The number of nitriles is 1. The molecule has 0 aliphatic carbocycles. The van der Waals surface area contributed by atoms with Gasteiger partial charge in [-0.15, -0.1) is 0 Å². The lowest BCUT2D eigenvalue weighted by Crippen LogP contribution is -2.44. The van der Waals surface area contributed by atoms with Crippen LogP contribution in [0.15, 0.2) is 18.3 Å². The van der Waals surface area contributed by atoms with Gasteiger partial charge in [-0.1, -0.05) is 13.8 Å². The molecule has 0 saturated carbocycles. The zero-order valence-corrected chi connectivity index (χ0v) is 15.0. The number of aromatic nitrogens is 1. The van der Waals surface area contributed by atoms with Crippen molar-refractivity contribution in [3.05, 3.63) is 29.6 Å². The van der Waals surface area contributed by atoms with Crippen LogP contribution in [0, 0.1) is 17.2 Å². The van der Waals surface area contributed by atoms with Gasteiger partial charge in [0, 0.05) is 6.20 Å². The highest BCUT2D eigenvalue weighted by molar-refractivity contribution is 5.90. The van der Waals surface area contributed by atoms with Crippen LogP contribution in [0.2, 0.25) is 0 Å². The Bertz CT molecular complexity index is 638. The first-order chi connectivity index (χ1) is 11.1. The first-order valence-corrected chi connectivity index (χ1v) is 7.86. The van der Waals surface area contributed by atoms with Gasteiger partial charge in [0.05, 0.1) is 23.9 Å². The van der Waals surface area contributed by atoms with Gasteiger partial charge in [-0.05, 0) is 45.7 Å². The summed E-state index contributed by atoms with van der Waals surface area (Å²) in [6.07, 6.45) is 1.31. The first-order valence-electron chi connectivity index (χ1n) is 7.86. The number of rotatable bonds is 5. The molecule has 0 amide bonds. The molecule has 1 unspecified atom stereocenters. The molecule has 1 aromatic rings. The summed E-state index contributed by atoms with van der Waals surface area (Å²) in [6, 6.07) is 5.07. The lowest BCUT2D eigenvalue weighted by molar-refractivity contribution is -0.161. The molecule has 1 rings (SSSR count). The van der Waals surface area contributed by atoms with E-state index >= 15 is 0 Å². The highest BCUT2D eigenvalue weighted by Gasteiger charge is 2.48. The van der Waals surface area contributed by atoms with E-state index < -0.39 is 23.0 Å². The summed E-state index contributed by atoms with van der Waals surface area (Å²) >= 11 is 0. The number of ether oxygens (including phenoxy) is 2. The van der Waals surface area contributed by atoms with Gasteiger partial charge in [-0.3, -0.25) is 4.98 Å². The third-order valence-electron chi connectivity index (χ3n) is 3.44. The molecule has 0 saturated heterocycles. The Hall–Kier alpha value is -2.42. The zero-order chi connectivity index (χ0) is 18.5. The molecule has 0 aliphatic rings. The Morgan fingerprint density at radius 1 is 1.29 bits per heavy atom. The molecule has 1 aromatic heterocycles. The maximum absolute atomic E-state index is 12.7. The SMILES string of the molecule is CCOC(=O)c1ccc(C(C#N)(C(=O)OC(C)(C)C)C(C)C)nc1. The van der Waals surface area contributed by atoms with Crippen LogP contribution in [0.1, 0.15) is 57.6 Å². The Morgan fingerprint density at radius 2 is 1.92 bits per heavy atom. The summed E-state index contributed by atoms with van der Waals surface area (Å²) in [5.41, 5.74) is -1.75. The van der Waals surface area contributed by atoms with Crippen LogP contribution >= 0.6 is 0 Å². The first kappa shape index (κ1) is 19.6. The van der Waals surface area contributed by atoms with Crippen molar-refractivity contribution >= 4 is 11.9 Å². The van der Waals surface area contributed by atoms with E-state index in [-0.39, 0.29) is 23.8 Å². The summed E-state index contributed by atoms with van der Waals surface area (Å²) in [5, 5.41) is 9.75. The Labute approximate surface area is 142 Å². The Balaban J connectivity index is 3.30. The molecule has 6 heteroatoms. The van der Waals surface area contributed by atoms with Crippen molar-refractivity contribution in [1.29, 1.82) is 5.26 Å². The summed E-state index contributed by atoms with van der Waals surface area (Å²) in [4.78, 5) is 28.6. The molecule has 0 bridgehead atoms. The van der Waals surface area contributed by atoms with E-state index in [0.717, 1.165) is 0 Å². The fraction of sp³-hybridized carbons (Fsp3) is 0.556. The topological polar surface area (TPSA) is 89.3 Å². The minimum Gasteiger partial charge on any atom is -0.462 e. The van der Waals surface area contributed by atoms with Crippen LogP contribution in [0.5, 0.6) is 0 Å². The highest BCUT2D eigenvalue weighted by atomic mass is 16.6. The van der Waals surface area contributed by atoms with Gasteiger partial charge in [0.1, 0.15) is 5.60 Å². The van der Waals surface area contributed by atoms with Gasteiger partial charge >= 0.3 is 11.9 Å². The highest BCUT2D eigenvalue weighted by Crippen LogP contribution is 2.33. The summed E-state index contributed by atoms with van der Waals surface area (Å²) in [6.45, 7) is 10.7. The molecule has 0 aromatic carbocycles. The molecule has 130 valence electrons. The number of hydrogen-bond acceptors (Lipinski definition) is 6. The van der Waals surface area contributed by atoms with Gasteiger partial charge in [-0.2, -0.15) is 5.26 Å². The molecule has 1 heterocycles. The van der Waals surface area contributed by atoms with E-state index in [1.807, 2.05) is 0 Å². The predicted molar refractivity (Wildman–Crippen MR) is 88.2 cm³/mol. The number of nitrogens with zero attached hydrogens (tertiary/aromatic N) is 2. The van der Waals surface area contributed by atoms with Crippen LogP contribution in [-0.4, -0.2) is 29.1 Å². The van der Waals surface area contributed by atoms with E-state index in [2.05, 4.69) is 11.1 Å². The average molecular weight is 332 g/mol. The minimum absolute atomic E-state index is 0.252. The van der Waals surface area contributed by atoms with Crippen LogP contribution in [-0.2, 0) is 19.7 Å². The second kappa shape index (κ2) is 7.43. The molecule has 0 fully saturated rings. The normalized spacial score (nSPS) is 13.8. The second-order valence-electron chi connectivity index (χ2n) is 6.73. The van der Waals surface area contributed by atoms with E-state index in [1.165, 1.54) is 18.3 Å². The number of pyridine rings is 1. The van der Waals surface area contributed by atoms with Crippen molar-refractivity contribution in [3.63, 3.8) is 0 Å². The predicted octanol–water partition coefficient (Wildman–Crippen LogP) is 3.02. The standard InChI is InChI=1S/C18H24N2O4/c1-7-23-15(21)13-8-9-14(20-10-13)18(11-19,12(2)3)16(22)24-17(4,5)6/h8-10,12H,7H2,1-6H3.